The molecular weight excluding hydrogens is 385 g/mol. The van der Waals surface area contributed by atoms with Gasteiger partial charge in [0.05, 0.1) is 25.6 Å². The fourth-order valence-corrected chi connectivity index (χ4v) is 3.84. The molecule has 1 amide bonds. The monoisotopic (exact) mass is 409 g/mol. The van der Waals surface area contributed by atoms with Gasteiger partial charge in [-0.2, -0.15) is 0 Å². The lowest BCUT2D eigenvalue weighted by molar-refractivity contribution is 0.102. The Hall–Kier alpha value is -3.35. The van der Waals surface area contributed by atoms with E-state index in [2.05, 4.69) is 14.9 Å². The summed E-state index contributed by atoms with van der Waals surface area (Å²) in [6.07, 6.45) is 3.81. The number of fused-ring (bicyclic) bond motifs is 1. The minimum absolute atomic E-state index is 0.324. The number of nitrogens with one attached hydrogen (secondary N) is 1. The minimum Gasteiger partial charge on any atom is -0.497 e. The standard InChI is InChI=1S/C23H24FN3O3/c1-29-17-10-11-20(30-2)18(14-17)25-23(28)21-19-9-4-3-5-12-27(19)22(26-21)15-7-6-8-16(24)13-15/h6-8,10-11,13-14H,3-5,9,12H2,1-2H3,(H,25,28). The Labute approximate surface area is 174 Å². The van der Waals surface area contributed by atoms with E-state index in [9.17, 15) is 9.18 Å². The molecule has 1 aliphatic rings. The van der Waals surface area contributed by atoms with Crippen molar-refractivity contribution in [1.82, 2.24) is 9.55 Å². The van der Waals surface area contributed by atoms with E-state index in [4.69, 9.17) is 9.47 Å². The van der Waals surface area contributed by atoms with Crippen LogP contribution < -0.4 is 14.8 Å². The molecule has 1 aliphatic heterocycles. The average molecular weight is 409 g/mol. The normalized spacial score (nSPS) is 13.3. The van der Waals surface area contributed by atoms with Crippen molar-refractivity contribution in [3.05, 3.63) is 59.7 Å². The first-order chi connectivity index (χ1) is 14.6. The van der Waals surface area contributed by atoms with E-state index < -0.39 is 0 Å². The van der Waals surface area contributed by atoms with Gasteiger partial charge in [0.25, 0.3) is 5.91 Å². The van der Waals surface area contributed by atoms with Gasteiger partial charge in [-0.05, 0) is 43.5 Å². The van der Waals surface area contributed by atoms with Gasteiger partial charge in [-0.1, -0.05) is 18.6 Å². The Morgan fingerprint density at radius 1 is 1.10 bits per heavy atom. The van der Waals surface area contributed by atoms with E-state index in [1.165, 1.54) is 12.1 Å². The fraction of sp³-hybridized carbons (Fsp3) is 0.304. The van der Waals surface area contributed by atoms with Crippen LogP contribution in [0.15, 0.2) is 42.5 Å². The molecule has 0 saturated carbocycles. The molecule has 0 saturated heterocycles. The summed E-state index contributed by atoms with van der Waals surface area (Å²) in [6.45, 7) is 0.754. The van der Waals surface area contributed by atoms with Crippen molar-refractivity contribution in [2.45, 2.75) is 32.2 Å². The van der Waals surface area contributed by atoms with Crippen LogP contribution in [0.4, 0.5) is 10.1 Å². The fourth-order valence-electron chi connectivity index (χ4n) is 3.84. The van der Waals surface area contributed by atoms with Gasteiger partial charge in [-0.3, -0.25) is 4.79 Å². The highest BCUT2D eigenvalue weighted by Gasteiger charge is 2.25. The molecule has 30 heavy (non-hydrogen) atoms. The van der Waals surface area contributed by atoms with Crippen LogP contribution in [0.25, 0.3) is 11.4 Å². The van der Waals surface area contributed by atoms with Crippen molar-refractivity contribution in [2.24, 2.45) is 0 Å². The molecule has 4 rings (SSSR count). The van der Waals surface area contributed by atoms with Crippen LogP contribution in [-0.2, 0) is 13.0 Å². The van der Waals surface area contributed by atoms with Crippen molar-refractivity contribution < 1.29 is 18.7 Å². The molecule has 0 atom stereocenters. The molecule has 3 aromatic rings. The van der Waals surface area contributed by atoms with Crippen molar-refractivity contribution in [1.29, 1.82) is 0 Å². The number of aromatic nitrogens is 2. The molecule has 6 nitrogen and oxygen atoms in total. The lowest BCUT2D eigenvalue weighted by Gasteiger charge is -2.12. The number of anilines is 1. The van der Waals surface area contributed by atoms with E-state index in [1.807, 2.05) is 6.07 Å². The summed E-state index contributed by atoms with van der Waals surface area (Å²) < 4.78 is 26.5. The predicted molar refractivity (Wildman–Crippen MR) is 113 cm³/mol. The Morgan fingerprint density at radius 2 is 1.97 bits per heavy atom. The number of hydrogen-bond donors (Lipinski definition) is 1. The number of benzene rings is 2. The molecule has 156 valence electrons. The zero-order chi connectivity index (χ0) is 21.1. The average Bonchev–Trinajstić information content (AvgIpc) is 2.95. The highest BCUT2D eigenvalue weighted by atomic mass is 19.1. The molecule has 0 fully saturated rings. The van der Waals surface area contributed by atoms with Crippen molar-refractivity contribution >= 4 is 11.6 Å². The van der Waals surface area contributed by atoms with Crippen LogP contribution in [-0.4, -0.2) is 29.7 Å². The molecule has 1 aromatic heterocycles. The first-order valence-electron chi connectivity index (χ1n) is 9.99. The van der Waals surface area contributed by atoms with Crippen LogP contribution >= 0.6 is 0 Å². The van der Waals surface area contributed by atoms with Gasteiger partial charge in [0.1, 0.15) is 28.8 Å². The van der Waals surface area contributed by atoms with E-state index in [1.54, 1.807) is 38.5 Å². The lowest BCUT2D eigenvalue weighted by Crippen LogP contribution is -2.16. The number of imidazole rings is 1. The maximum Gasteiger partial charge on any atom is 0.276 e. The van der Waals surface area contributed by atoms with E-state index in [0.29, 0.717) is 34.3 Å². The smallest absolute Gasteiger partial charge is 0.276 e. The van der Waals surface area contributed by atoms with Crippen LogP contribution in [0.2, 0.25) is 0 Å². The highest BCUT2D eigenvalue weighted by Crippen LogP contribution is 2.31. The zero-order valence-corrected chi connectivity index (χ0v) is 17.1. The first kappa shape index (κ1) is 19.9. The molecule has 0 radical (unpaired) electrons. The number of halogens is 1. The topological polar surface area (TPSA) is 65.4 Å². The third-order valence-corrected chi connectivity index (χ3v) is 5.32. The molecule has 0 bridgehead atoms. The van der Waals surface area contributed by atoms with Gasteiger partial charge in [0.15, 0.2) is 0 Å². The Morgan fingerprint density at radius 3 is 2.73 bits per heavy atom. The predicted octanol–water partition coefficient (Wildman–Crippen LogP) is 4.69. The van der Waals surface area contributed by atoms with Crippen LogP contribution in [0, 0.1) is 5.82 Å². The summed E-state index contributed by atoms with van der Waals surface area (Å²) in [6, 6.07) is 11.5. The van der Waals surface area contributed by atoms with Crippen molar-refractivity contribution in [2.75, 3.05) is 19.5 Å². The van der Waals surface area contributed by atoms with Crippen molar-refractivity contribution in [3.8, 4) is 22.9 Å². The summed E-state index contributed by atoms with van der Waals surface area (Å²) in [5.41, 5.74) is 2.41. The molecule has 7 heteroatoms. The van der Waals surface area contributed by atoms with Crippen LogP contribution in [0.3, 0.4) is 0 Å². The van der Waals surface area contributed by atoms with Crippen LogP contribution in [0.5, 0.6) is 11.5 Å². The Balaban J connectivity index is 1.75. The Bertz CT molecular complexity index is 1080. The number of nitrogens with zero attached hydrogens (tertiary/aromatic N) is 2. The summed E-state index contributed by atoms with van der Waals surface area (Å²) in [7, 11) is 3.11. The Kier molecular flexibility index (Phi) is 5.70. The quantitative estimate of drug-likeness (QED) is 0.664. The molecule has 0 spiro atoms. The maximum atomic E-state index is 13.8. The van der Waals surface area contributed by atoms with E-state index >= 15 is 0 Å². The summed E-state index contributed by atoms with van der Waals surface area (Å²) in [4.78, 5) is 17.9. The SMILES string of the molecule is COc1ccc(OC)c(NC(=O)c2nc(-c3cccc(F)c3)n3c2CCCCC3)c1. The molecule has 2 heterocycles. The van der Waals surface area contributed by atoms with Gasteiger partial charge in [-0.15, -0.1) is 0 Å². The number of carbonyl (C=O) groups excluding carboxylic acids is 1. The molecule has 2 aromatic carbocycles. The first-order valence-corrected chi connectivity index (χ1v) is 9.99. The summed E-state index contributed by atoms with van der Waals surface area (Å²) in [5.74, 6) is 1.10. The number of hydrogen-bond acceptors (Lipinski definition) is 4. The van der Waals surface area contributed by atoms with Gasteiger partial charge >= 0.3 is 0 Å². The lowest BCUT2D eigenvalue weighted by atomic mass is 10.1. The molecule has 0 aliphatic carbocycles. The minimum atomic E-state index is -0.328. The summed E-state index contributed by atoms with van der Waals surface area (Å²) in [5, 5.41) is 2.91. The number of ether oxygens (including phenoxy) is 2. The van der Waals surface area contributed by atoms with E-state index in [0.717, 1.165) is 37.9 Å². The van der Waals surface area contributed by atoms with Gasteiger partial charge < -0.3 is 19.4 Å². The highest BCUT2D eigenvalue weighted by molar-refractivity contribution is 6.05. The molecular formula is C23H24FN3O3. The van der Waals surface area contributed by atoms with Gasteiger partial charge in [0, 0.05) is 18.2 Å². The zero-order valence-electron chi connectivity index (χ0n) is 17.1. The van der Waals surface area contributed by atoms with E-state index in [-0.39, 0.29) is 11.7 Å². The largest absolute Gasteiger partial charge is 0.497 e. The maximum absolute atomic E-state index is 13.8. The van der Waals surface area contributed by atoms with Gasteiger partial charge in [-0.25, -0.2) is 9.37 Å². The molecule has 1 N–H and O–H groups in total. The summed E-state index contributed by atoms with van der Waals surface area (Å²) >= 11 is 0. The number of amides is 1. The number of carbonyl (C=O) groups is 1. The van der Waals surface area contributed by atoms with Crippen molar-refractivity contribution in [3.63, 3.8) is 0 Å². The number of methoxy groups -OCH3 is 2. The van der Waals surface area contributed by atoms with Crippen LogP contribution in [0.1, 0.15) is 35.4 Å². The second-order valence-electron chi connectivity index (χ2n) is 7.22. The van der Waals surface area contributed by atoms with Gasteiger partial charge in [0.2, 0.25) is 0 Å². The third-order valence-electron chi connectivity index (χ3n) is 5.32. The second-order valence-corrected chi connectivity index (χ2v) is 7.22. The third kappa shape index (κ3) is 3.87. The molecule has 0 unspecified atom stereocenters. The number of rotatable bonds is 5. The second kappa shape index (κ2) is 8.57.